The van der Waals surface area contributed by atoms with E-state index in [1.807, 2.05) is 0 Å². The quantitative estimate of drug-likeness (QED) is 0.739. The van der Waals surface area contributed by atoms with Crippen molar-refractivity contribution in [3.63, 3.8) is 0 Å². The van der Waals surface area contributed by atoms with E-state index in [1.165, 1.54) is 7.11 Å². The van der Waals surface area contributed by atoms with Crippen molar-refractivity contribution in [1.29, 1.82) is 5.26 Å². The lowest BCUT2D eigenvalue weighted by molar-refractivity contribution is -0.141. The van der Waals surface area contributed by atoms with Crippen LogP contribution < -0.4 is 10.3 Å². The van der Waals surface area contributed by atoms with E-state index in [-0.39, 0.29) is 24.4 Å². The van der Waals surface area contributed by atoms with Crippen molar-refractivity contribution in [2.24, 2.45) is 5.92 Å². The van der Waals surface area contributed by atoms with Crippen molar-refractivity contribution in [3.05, 3.63) is 33.0 Å². The van der Waals surface area contributed by atoms with Crippen molar-refractivity contribution in [2.75, 3.05) is 7.11 Å². The van der Waals surface area contributed by atoms with E-state index in [9.17, 15) is 9.59 Å². The van der Waals surface area contributed by atoms with Gasteiger partial charge in [0, 0.05) is 17.3 Å². The topological polar surface area (TPSA) is 94.2 Å². The molecule has 1 fully saturated rings. The van der Waals surface area contributed by atoms with E-state index < -0.39 is 11.5 Å². The van der Waals surface area contributed by atoms with Crippen molar-refractivity contribution in [1.82, 2.24) is 9.78 Å². The van der Waals surface area contributed by atoms with Gasteiger partial charge in [-0.25, -0.2) is 4.68 Å². The van der Waals surface area contributed by atoms with E-state index in [0.717, 1.165) is 9.15 Å². The number of benzene rings is 1. The molecule has 1 aliphatic carbocycles. The zero-order valence-corrected chi connectivity index (χ0v) is 14.4. The molecule has 3 rings (SSSR count). The first-order valence-electron chi connectivity index (χ1n) is 7.35. The molecule has 1 aromatic heterocycles. The molecular weight excluding hydrogens is 378 g/mol. The molecule has 0 spiro atoms. The maximum absolute atomic E-state index is 12.5. The average molecular weight is 392 g/mol. The van der Waals surface area contributed by atoms with Crippen molar-refractivity contribution in [2.45, 2.75) is 25.5 Å². The van der Waals surface area contributed by atoms with Gasteiger partial charge in [0.05, 0.1) is 29.9 Å². The zero-order chi connectivity index (χ0) is 17.3. The Bertz CT molecular complexity index is 897. The monoisotopic (exact) mass is 391 g/mol. The first-order valence-corrected chi connectivity index (χ1v) is 8.14. The van der Waals surface area contributed by atoms with Crippen LogP contribution >= 0.6 is 15.9 Å². The van der Waals surface area contributed by atoms with Crippen LogP contribution in [-0.4, -0.2) is 29.0 Å². The number of nitrogens with zero attached hydrogens (tertiary/aromatic N) is 3. The molecule has 1 heterocycles. The molecule has 1 aromatic carbocycles. The van der Waals surface area contributed by atoms with Gasteiger partial charge in [-0.3, -0.25) is 9.59 Å². The molecular formula is C16H14BrN3O4. The van der Waals surface area contributed by atoms with Gasteiger partial charge in [0.1, 0.15) is 12.6 Å². The molecule has 0 aliphatic heterocycles. The van der Waals surface area contributed by atoms with Gasteiger partial charge in [-0.2, -0.15) is 5.26 Å². The van der Waals surface area contributed by atoms with E-state index in [0.29, 0.717) is 23.6 Å². The number of aromatic nitrogens is 2. The van der Waals surface area contributed by atoms with Gasteiger partial charge in [-0.15, -0.1) is 5.10 Å². The van der Waals surface area contributed by atoms with Gasteiger partial charge in [-0.1, -0.05) is 15.9 Å². The molecule has 7 nitrogen and oxygen atoms in total. The summed E-state index contributed by atoms with van der Waals surface area (Å²) in [6, 6.07) is 7.34. The summed E-state index contributed by atoms with van der Waals surface area (Å²) in [5, 5.41) is 14.0. The lowest BCUT2D eigenvalue weighted by atomic mass is 9.83. The summed E-state index contributed by atoms with van der Waals surface area (Å²) < 4.78 is 12.3. The third kappa shape index (κ3) is 3.12. The largest absolute Gasteiger partial charge is 0.473 e. The number of halogens is 1. The lowest BCUT2D eigenvalue weighted by Crippen LogP contribution is -2.34. The summed E-state index contributed by atoms with van der Waals surface area (Å²) in [5.74, 6) is -0.301. The van der Waals surface area contributed by atoms with Gasteiger partial charge in [0.25, 0.3) is 5.56 Å². The zero-order valence-electron chi connectivity index (χ0n) is 12.9. The molecule has 1 saturated carbocycles. The molecule has 2 aromatic rings. The summed E-state index contributed by atoms with van der Waals surface area (Å²) in [7, 11) is 1.25. The fourth-order valence-electron chi connectivity index (χ4n) is 2.53. The minimum absolute atomic E-state index is 0.00558. The second kappa shape index (κ2) is 6.61. The minimum atomic E-state index is -0.569. The molecule has 0 bridgehead atoms. The lowest BCUT2D eigenvalue weighted by Gasteiger charge is -2.30. The Hall–Kier alpha value is -2.40. The minimum Gasteiger partial charge on any atom is -0.473 e. The summed E-state index contributed by atoms with van der Waals surface area (Å²) in [4.78, 5) is 24.0. The van der Waals surface area contributed by atoms with Gasteiger partial charge in [0.15, 0.2) is 0 Å². The normalized spacial score (nSPS) is 19.4. The van der Waals surface area contributed by atoms with E-state index >= 15 is 0 Å². The van der Waals surface area contributed by atoms with Gasteiger partial charge in [-0.05, 0) is 18.2 Å². The van der Waals surface area contributed by atoms with Crippen LogP contribution in [0, 0.1) is 17.2 Å². The van der Waals surface area contributed by atoms with E-state index in [1.54, 1.807) is 18.2 Å². The van der Waals surface area contributed by atoms with Crippen LogP contribution in [0.4, 0.5) is 0 Å². The van der Waals surface area contributed by atoms with Crippen LogP contribution in [0.5, 0.6) is 5.88 Å². The highest BCUT2D eigenvalue weighted by atomic mass is 79.9. The number of esters is 1. The SMILES string of the molecule is COC(=O)Cn1nc(OC2CC(C#N)C2)c2cc(Br)ccc2c1=O. The summed E-state index contributed by atoms with van der Waals surface area (Å²) in [6.07, 6.45) is 1.14. The van der Waals surface area contributed by atoms with E-state index in [2.05, 4.69) is 31.8 Å². The van der Waals surface area contributed by atoms with Crippen LogP contribution in [0.2, 0.25) is 0 Å². The first-order chi connectivity index (χ1) is 11.5. The van der Waals surface area contributed by atoms with Crippen LogP contribution in [0.25, 0.3) is 10.8 Å². The van der Waals surface area contributed by atoms with Gasteiger partial charge < -0.3 is 9.47 Å². The van der Waals surface area contributed by atoms with Crippen molar-refractivity contribution < 1.29 is 14.3 Å². The summed E-state index contributed by atoms with van der Waals surface area (Å²) in [6.45, 7) is -0.289. The summed E-state index contributed by atoms with van der Waals surface area (Å²) in [5.41, 5.74) is -0.390. The average Bonchev–Trinajstić information content (AvgIpc) is 2.53. The molecule has 0 amide bonds. The van der Waals surface area contributed by atoms with E-state index in [4.69, 9.17) is 10.00 Å². The van der Waals surface area contributed by atoms with Gasteiger partial charge in [0.2, 0.25) is 5.88 Å². The molecule has 124 valence electrons. The number of hydrogen-bond acceptors (Lipinski definition) is 6. The standard InChI is InChI=1S/C16H14BrN3O4/c1-23-14(21)8-20-16(22)12-3-2-10(17)6-13(12)15(19-20)24-11-4-9(5-11)7-18/h2-3,6,9,11H,4-5,8H2,1H3. The summed E-state index contributed by atoms with van der Waals surface area (Å²) >= 11 is 3.37. The molecule has 0 unspecified atom stereocenters. The van der Waals surface area contributed by atoms with Gasteiger partial charge >= 0.3 is 5.97 Å². The second-order valence-corrected chi connectivity index (χ2v) is 6.49. The molecule has 24 heavy (non-hydrogen) atoms. The van der Waals surface area contributed by atoms with Crippen LogP contribution in [0.15, 0.2) is 27.5 Å². The fourth-order valence-corrected chi connectivity index (χ4v) is 2.90. The molecule has 8 heteroatoms. The predicted molar refractivity (Wildman–Crippen MR) is 88.5 cm³/mol. The Morgan fingerprint density at radius 2 is 2.21 bits per heavy atom. The van der Waals surface area contributed by atoms with Crippen LogP contribution in [-0.2, 0) is 16.1 Å². The number of hydrogen-bond donors (Lipinski definition) is 0. The smallest absolute Gasteiger partial charge is 0.327 e. The molecule has 0 atom stereocenters. The number of nitriles is 1. The number of carbonyl (C=O) groups is 1. The van der Waals surface area contributed by atoms with Crippen LogP contribution in [0.1, 0.15) is 12.8 Å². The second-order valence-electron chi connectivity index (χ2n) is 5.57. The number of fused-ring (bicyclic) bond motifs is 1. The Kier molecular flexibility index (Phi) is 4.53. The maximum Gasteiger partial charge on any atom is 0.327 e. The third-order valence-corrected chi connectivity index (χ3v) is 4.44. The Morgan fingerprint density at radius 1 is 1.46 bits per heavy atom. The van der Waals surface area contributed by atoms with Crippen LogP contribution in [0.3, 0.4) is 0 Å². The third-order valence-electron chi connectivity index (χ3n) is 3.95. The molecule has 1 aliphatic rings. The highest BCUT2D eigenvalue weighted by Crippen LogP contribution is 2.32. The molecule has 0 radical (unpaired) electrons. The number of ether oxygens (including phenoxy) is 2. The molecule has 0 saturated heterocycles. The van der Waals surface area contributed by atoms with Crippen molar-refractivity contribution in [3.8, 4) is 11.9 Å². The highest BCUT2D eigenvalue weighted by Gasteiger charge is 2.32. The molecule has 0 N–H and O–H groups in total. The highest BCUT2D eigenvalue weighted by molar-refractivity contribution is 9.10. The van der Waals surface area contributed by atoms with Crippen molar-refractivity contribution >= 4 is 32.7 Å². The Labute approximate surface area is 145 Å². The number of rotatable bonds is 4. The first kappa shape index (κ1) is 16.5. The Morgan fingerprint density at radius 3 is 2.88 bits per heavy atom. The maximum atomic E-state index is 12.5. The number of methoxy groups -OCH3 is 1. The Balaban J connectivity index is 2.03. The number of carbonyl (C=O) groups excluding carboxylic acids is 1. The fraction of sp³-hybridized carbons (Fsp3) is 0.375. The predicted octanol–water partition coefficient (Wildman–Crippen LogP) is 2.01.